The van der Waals surface area contributed by atoms with Crippen molar-refractivity contribution in [2.24, 2.45) is 0 Å². The fraction of sp³-hybridized carbons (Fsp3) is 0.133. The Labute approximate surface area is 134 Å². The molecule has 0 saturated heterocycles. The minimum Gasteiger partial charge on any atom is -0.497 e. The van der Waals surface area contributed by atoms with E-state index >= 15 is 0 Å². The maximum Gasteiger partial charge on any atom is 0.196 e. The molecule has 110 valence electrons. The zero-order chi connectivity index (χ0) is 15.6. The Bertz CT molecular complexity index is 681. The monoisotopic (exact) mass is 372 g/mol. The van der Waals surface area contributed by atoms with Crippen molar-refractivity contribution in [1.29, 1.82) is 0 Å². The standard InChI is InChI=1S/C15H11BrClFO3/c1-20-9-5-8(6-10(7-9)21-2)15(19)11-3-4-12(16)13(17)14(11)18/h3-7H,1-2H3. The molecule has 2 aromatic rings. The minimum atomic E-state index is -0.766. The van der Waals surface area contributed by atoms with Gasteiger partial charge in [0.15, 0.2) is 11.6 Å². The Morgan fingerprint density at radius 3 is 2.24 bits per heavy atom. The van der Waals surface area contributed by atoms with E-state index in [2.05, 4.69) is 15.9 Å². The van der Waals surface area contributed by atoms with E-state index in [9.17, 15) is 9.18 Å². The molecule has 2 rings (SSSR count). The number of rotatable bonds is 4. The third-order valence-corrected chi connectivity index (χ3v) is 4.15. The Balaban J connectivity index is 2.52. The van der Waals surface area contributed by atoms with Crippen molar-refractivity contribution in [3.05, 3.63) is 56.8 Å². The molecule has 0 aliphatic rings. The Morgan fingerprint density at radius 2 is 1.71 bits per heavy atom. The fourth-order valence-corrected chi connectivity index (χ4v) is 2.27. The number of halogens is 3. The van der Waals surface area contributed by atoms with Crippen molar-refractivity contribution in [2.45, 2.75) is 0 Å². The first-order valence-electron chi connectivity index (χ1n) is 5.89. The summed E-state index contributed by atoms with van der Waals surface area (Å²) in [7, 11) is 2.94. The van der Waals surface area contributed by atoms with Gasteiger partial charge in [0.2, 0.25) is 0 Å². The van der Waals surface area contributed by atoms with E-state index in [-0.39, 0.29) is 16.1 Å². The van der Waals surface area contributed by atoms with Crippen molar-refractivity contribution in [1.82, 2.24) is 0 Å². The number of carbonyl (C=O) groups is 1. The summed E-state index contributed by atoms with van der Waals surface area (Å²) in [6.45, 7) is 0. The second-order valence-corrected chi connectivity index (χ2v) is 5.39. The lowest BCUT2D eigenvalue weighted by molar-refractivity contribution is 0.103. The summed E-state index contributed by atoms with van der Waals surface area (Å²) in [6.07, 6.45) is 0. The SMILES string of the molecule is COc1cc(OC)cc(C(=O)c2ccc(Br)c(Cl)c2F)c1. The van der Waals surface area contributed by atoms with Gasteiger partial charge in [-0.05, 0) is 40.2 Å². The number of ether oxygens (including phenoxy) is 2. The summed E-state index contributed by atoms with van der Waals surface area (Å²) in [6, 6.07) is 7.55. The summed E-state index contributed by atoms with van der Waals surface area (Å²) in [5, 5.41) is -0.129. The van der Waals surface area contributed by atoms with E-state index in [0.717, 1.165) is 0 Å². The molecular formula is C15H11BrClFO3. The molecule has 0 saturated carbocycles. The van der Waals surface area contributed by atoms with Gasteiger partial charge < -0.3 is 9.47 Å². The topological polar surface area (TPSA) is 35.5 Å². The molecule has 0 radical (unpaired) electrons. The second kappa shape index (κ2) is 6.45. The minimum absolute atomic E-state index is 0.112. The van der Waals surface area contributed by atoms with Crippen molar-refractivity contribution in [3.63, 3.8) is 0 Å². The van der Waals surface area contributed by atoms with Gasteiger partial charge in [-0.3, -0.25) is 4.79 Å². The quantitative estimate of drug-likeness (QED) is 0.585. The average Bonchev–Trinajstić information content (AvgIpc) is 2.51. The largest absolute Gasteiger partial charge is 0.497 e. The highest BCUT2D eigenvalue weighted by atomic mass is 79.9. The number of ketones is 1. The van der Waals surface area contributed by atoms with Crippen LogP contribution < -0.4 is 9.47 Å². The maximum atomic E-state index is 14.1. The molecule has 0 spiro atoms. The van der Waals surface area contributed by atoms with E-state index in [1.807, 2.05) is 0 Å². The lowest BCUT2D eigenvalue weighted by Crippen LogP contribution is -2.06. The summed E-state index contributed by atoms with van der Waals surface area (Å²) in [5.74, 6) is -0.375. The van der Waals surface area contributed by atoms with Crippen molar-refractivity contribution in [2.75, 3.05) is 14.2 Å². The molecule has 0 heterocycles. The molecule has 0 bridgehead atoms. The van der Waals surface area contributed by atoms with Crippen molar-refractivity contribution in [3.8, 4) is 11.5 Å². The Kier molecular flexibility index (Phi) is 4.85. The predicted molar refractivity (Wildman–Crippen MR) is 82.1 cm³/mol. The molecule has 0 unspecified atom stereocenters. The van der Waals surface area contributed by atoms with Crippen LogP contribution in [0.1, 0.15) is 15.9 Å². The van der Waals surface area contributed by atoms with Gasteiger partial charge in [-0.25, -0.2) is 4.39 Å². The third-order valence-electron chi connectivity index (χ3n) is 2.89. The van der Waals surface area contributed by atoms with Crippen molar-refractivity contribution < 1.29 is 18.7 Å². The maximum absolute atomic E-state index is 14.1. The molecule has 0 atom stereocenters. The highest BCUT2D eigenvalue weighted by Crippen LogP contribution is 2.30. The van der Waals surface area contributed by atoms with Gasteiger partial charge in [0.05, 0.1) is 24.8 Å². The molecule has 0 N–H and O–H groups in total. The van der Waals surface area contributed by atoms with Crippen LogP contribution in [0.4, 0.5) is 4.39 Å². The Hall–Kier alpha value is -1.59. The van der Waals surface area contributed by atoms with E-state index in [1.165, 1.54) is 38.5 Å². The first-order valence-corrected chi connectivity index (χ1v) is 7.06. The number of benzene rings is 2. The van der Waals surface area contributed by atoms with Crippen LogP contribution in [0.5, 0.6) is 11.5 Å². The van der Waals surface area contributed by atoms with E-state index in [4.69, 9.17) is 21.1 Å². The number of hydrogen-bond donors (Lipinski definition) is 0. The van der Waals surface area contributed by atoms with Gasteiger partial charge in [-0.2, -0.15) is 0 Å². The smallest absolute Gasteiger partial charge is 0.196 e. The van der Waals surface area contributed by atoms with Gasteiger partial charge in [0, 0.05) is 16.1 Å². The molecule has 3 nitrogen and oxygen atoms in total. The summed E-state index contributed by atoms with van der Waals surface area (Å²) >= 11 is 8.92. The van der Waals surface area contributed by atoms with Gasteiger partial charge >= 0.3 is 0 Å². The van der Waals surface area contributed by atoms with Gasteiger partial charge in [-0.1, -0.05) is 11.6 Å². The lowest BCUT2D eigenvalue weighted by Gasteiger charge is -2.09. The summed E-state index contributed by atoms with van der Waals surface area (Å²) < 4.78 is 24.7. The van der Waals surface area contributed by atoms with Gasteiger partial charge in [-0.15, -0.1) is 0 Å². The van der Waals surface area contributed by atoms with Crippen molar-refractivity contribution >= 4 is 33.3 Å². The lowest BCUT2D eigenvalue weighted by atomic mass is 10.0. The molecule has 0 aliphatic heterocycles. The first kappa shape index (κ1) is 15.8. The second-order valence-electron chi connectivity index (χ2n) is 4.15. The highest BCUT2D eigenvalue weighted by Gasteiger charge is 2.19. The number of hydrogen-bond acceptors (Lipinski definition) is 3. The van der Waals surface area contributed by atoms with Gasteiger partial charge in [0.25, 0.3) is 0 Å². The number of methoxy groups -OCH3 is 2. The van der Waals surface area contributed by atoms with Crippen LogP contribution in [0.15, 0.2) is 34.8 Å². The van der Waals surface area contributed by atoms with Crippen LogP contribution in [-0.2, 0) is 0 Å². The summed E-state index contributed by atoms with van der Waals surface area (Å²) in [4.78, 5) is 12.4. The molecule has 0 amide bonds. The average molecular weight is 374 g/mol. The predicted octanol–water partition coefficient (Wildman–Crippen LogP) is 4.49. The van der Waals surface area contributed by atoms with E-state index in [0.29, 0.717) is 16.0 Å². The summed E-state index contributed by atoms with van der Waals surface area (Å²) in [5.41, 5.74) is 0.141. The van der Waals surface area contributed by atoms with Crippen LogP contribution in [0, 0.1) is 5.82 Å². The normalized spacial score (nSPS) is 10.3. The first-order chi connectivity index (χ1) is 9.97. The molecular weight excluding hydrogens is 363 g/mol. The van der Waals surface area contributed by atoms with Crippen LogP contribution in [0.25, 0.3) is 0 Å². The zero-order valence-corrected chi connectivity index (χ0v) is 13.6. The van der Waals surface area contributed by atoms with Crippen LogP contribution in [0.2, 0.25) is 5.02 Å². The van der Waals surface area contributed by atoms with Crippen LogP contribution in [0.3, 0.4) is 0 Å². The van der Waals surface area contributed by atoms with Crippen LogP contribution in [-0.4, -0.2) is 20.0 Å². The van der Waals surface area contributed by atoms with E-state index < -0.39 is 11.6 Å². The fourth-order valence-electron chi connectivity index (χ4n) is 1.80. The molecule has 2 aromatic carbocycles. The third kappa shape index (κ3) is 3.19. The molecule has 0 aliphatic carbocycles. The molecule has 0 aromatic heterocycles. The molecule has 0 fully saturated rings. The number of carbonyl (C=O) groups excluding carboxylic acids is 1. The Morgan fingerprint density at radius 1 is 1.14 bits per heavy atom. The molecule has 21 heavy (non-hydrogen) atoms. The van der Waals surface area contributed by atoms with Gasteiger partial charge in [0.1, 0.15) is 11.5 Å². The van der Waals surface area contributed by atoms with Crippen LogP contribution >= 0.6 is 27.5 Å². The highest BCUT2D eigenvalue weighted by molar-refractivity contribution is 9.10. The molecule has 6 heteroatoms. The zero-order valence-electron chi connectivity index (χ0n) is 11.2. The van der Waals surface area contributed by atoms with E-state index in [1.54, 1.807) is 6.07 Å².